The maximum Gasteiger partial charge on any atom is 0.387 e. The van der Waals surface area contributed by atoms with E-state index in [4.69, 9.17) is 5.11 Å². The Morgan fingerprint density at radius 2 is 2.15 bits per heavy atom. The van der Waals surface area contributed by atoms with Crippen molar-refractivity contribution >= 4 is 11.7 Å². The van der Waals surface area contributed by atoms with Gasteiger partial charge in [-0.2, -0.15) is 8.78 Å². The van der Waals surface area contributed by atoms with E-state index in [2.05, 4.69) is 15.4 Å². The predicted octanol–water partition coefficient (Wildman–Crippen LogP) is 2.57. The van der Waals surface area contributed by atoms with E-state index >= 15 is 0 Å². The summed E-state index contributed by atoms with van der Waals surface area (Å²) in [7, 11) is 0. The van der Waals surface area contributed by atoms with Gasteiger partial charge in [-0.15, -0.1) is 0 Å². The van der Waals surface area contributed by atoms with E-state index < -0.39 is 18.2 Å². The molecule has 0 saturated heterocycles. The lowest BCUT2D eigenvalue weighted by atomic mass is 10.0. The molecule has 5 nitrogen and oxygen atoms in total. The summed E-state index contributed by atoms with van der Waals surface area (Å²) in [6.07, 6.45) is 0.398. The van der Waals surface area contributed by atoms with Crippen LogP contribution in [0.5, 0.6) is 5.75 Å². The van der Waals surface area contributed by atoms with E-state index in [1.807, 2.05) is 0 Å². The number of benzene rings is 1. The summed E-state index contributed by atoms with van der Waals surface area (Å²) in [5, 5.41) is 14.0. The van der Waals surface area contributed by atoms with Gasteiger partial charge in [0.2, 0.25) is 0 Å². The second-order valence-corrected chi connectivity index (χ2v) is 4.84. The Bertz CT molecular complexity index is 453. The van der Waals surface area contributed by atoms with Gasteiger partial charge in [-0.3, -0.25) is 0 Å². The first-order valence-corrected chi connectivity index (χ1v) is 6.07. The summed E-state index contributed by atoms with van der Waals surface area (Å²) in [4.78, 5) is 11.7. The van der Waals surface area contributed by atoms with Crippen LogP contribution in [-0.4, -0.2) is 29.9 Å². The number of aliphatic hydroxyl groups is 1. The molecule has 0 atom stereocenters. The lowest BCUT2D eigenvalue weighted by Gasteiger charge is -2.25. The zero-order valence-electron chi connectivity index (χ0n) is 11.3. The molecule has 0 bridgehead atoms. The number of carbonyl (C=O) groups is 1. The molecular formula is C13H18F2N2O3. The van der Waals surface area contributed by atoms with Gasteiger partial charge in [-0.05, 0) is 32.4 Å². The van der Waals surface area contributed by atoms with E-state index in [1.54, 1.807) is 19.9 Å². The first-order chi connectivity index (χ1) is 9.32. The SMILES string of the molecule is CC(C)(CCO)NC(=O)Nc1cccc(OC(F)F)c1. The third-order valence-electron chi connectivity index (χ3n) is 2.51. The van der Waals surface area contributed by atoms with Crippen molar-refractivity contribution in [2.75, 3.05) is 11.9 Å². The van der Waals surface area contributed by atoms with Crippen molar-refractivity contribution < 1.29 is 23.4 Å². The van der Waals surface area contributed by atoms with Crippen LogP contribution in [0, 0.1) is 0 Å². The number of urea groups is 1. The summed E-state index contributed by atoms with van der Waals surface area (Å²) >= 11 is 0. The Balaban J connectivity index is 2.62. The quantitative estimate of drug-likeness (QED) is 0.753. The fraction of sp³-hybridized carbons (Fsp3) is 0.462. The van der Waals surface area contributed by atoms with Crippen molar-refractivity contribution in [2.24, 2.45) is 0 Å². The van der Waals surface area contributed by atoms with E-state index in [0.29, 0.717) is 12.1 Å². The average Bonchev–Trinajstić information content (AvgIpc) is 2.26. The van der Waals surface area contributed by atoms with Gasteiger partial charge in [0.05, 0.1) is 0 Å². The number of hydrogen-bond donors (Lipinski definition) is 3. The van der Waals surface area contributed by atoms with E-state index in [1.165, 1.54) is 18.2 Å². The first-order valence-electron chi connectivity index (χ1n) is 6.07. The highest BCUT2D eigenvalue weighted by Gasteiger charge is 2.19. The molecule has 0 fully saturated rings. The van der Waals surface area contributed by atoms with Crippen LogP contribution in [0.3, 0.4) is 0 Å². The number of nitrogens with one attached hydrogen (secondary N) is 2. The molecular weight excluding hydrogens is 270 g/mol. The van der Waals surface area contributed by atoms with Crippen LogP contribution < -0.4 is 15.4 Å². The molecule has 0 radical (unpaired) electrons. The van der Waals surface area contributed by atoms with Crippen LogP contribution in [0.1, 0.15) is 20.3 Å². The van der Waals surface area contributed by atoms with E-state index in [-0.39, 0.29) is 12.4 Å². The summed E-state index contributed by atoms with van der Waals surface area (Å²) in [6, 6.07) is 5.22. The number of anilines is 1. The number of ether oxygens (including phenoxy) is 1. The Morgan fingerprint density at radius 1 is 1.45 bits per heavy atom. The van der Waals surface area contributed by atoms with Gasteiger partial charge in [0, 0.05) is 23.9 Å². The normalized spacial score (nSPS) is 11.3. The molecule has 0 aliphatic heterocycles. The standard InChI is InChI=1S/C13H18F2N2O3/c1-13(2,6-7-18)17-12(19)16-9-4-3-5-10(8-9)20-11(14)15/h3-5,8,11,18H,6-7H2,1-2H3,(H2,16,17,19). The maximum absolute atomic E-state index is 12.1. The molecule has 0 spiro atoms. The maximum atomic E-state index is 12.1. The Hall–Kier alpha value is -1.89. The number of hydrogen-bond acceptors (Lipinski definition) is 3. The van der Waals surface area contributed by atoms with Crippen LogP contribution in [-0.2, 0) is 0 Å². The van der Waals surface area contributed by atoms with Crippen molar-refractivity contribution in [2.45, 2.75) is 32.4 Å². The Morgan fingerprint density at radius 3 is 2.75 bits per heavy atom. The lowest BCUT2D eigenvalue weighted by molar-refractivity contribution is -0.0497. The zero-order valence-corrected chi connectivity index (χ0v) is 11.3. The Kier molecular flexibility index (Phi) is 5.69. The van der Waals surface area contributed by atoms with Crippen molar-refractivity contribution in [3.05, 3.63) is 24.3 Å². The zero-order chi connectivity index (χ0) is 15.2. The third-order valence-corrected chi connectivity index (χ3v) is 2.51. The molecule has 0 aromatic heterocycles. The highest BCUT2D eigenvalue weighted by molar-refractivity contribution is 5.89. The van der Waals surface area contributed by atoms with Gasteiger partial charge in [-0.25, -0.2) is 4.79 Å². The smallest absolute Gasteiger partial charge is 0.387 e. The third kappa shape index (κ3) is 5.83. The van der Waals surface area contributed by atoms with Crippen molar-refractivity contribution in [3.8, 4) is 5.75 Å². The van der Waals surface area contributed by atoms with Gasteiger partial charge in [0.15, 0.2) is 0 Å². The number of amides is 2. The molecule has 0 unspecified atom stereocenters. The van der Waals surface area contributed by atoms with Crippen molar-refractivity contribution in [3.63, 3.8) is 0 Å². The lowest BCUT2D eigenvalue weighted by Crippen LogP contribution is -2.46. The van der Waals surface area contributed by atoms with Gasteiger partial charge >= 0.3 is 12.6 Å². The molecule has 1 aromatic carbocycles. The molecule has 1 aromatic rings. The molecule has 7 heteroatoms. The van der Waals surface area contributed by atoms with Crippen LogP contribution in [0.25, 0.3) is 0 Å². The fourth-order valence-electron chi connectivity index (χ4n) is 1.56. The second-order valence-electron chi connectivity index (χ2n) is 4.84. The van der Waals surface area contributed by atoms with Crippen molar-refractivity contribution in [1.82, 2.24) is 5.32 Å². The molecule has 3 N–H and O–H groups in total. The molecule has 112 valence electrons. The molecule has 0 saturated carbocycles. The topological polar surface area (TPSA) is 70.6 Å². The fourth-order valence-corrected chi connectivity index (χ4v) is 1.56. The summed E-state index contributed by atoms with van der Waals surface area (Å²) in [6.45, 7) is 0.561. The van der Waals surface area contributed by atoms with Crippen LogP contribution in [0.15, 0.2) is 24.3 Å². The van der Waals surface area contributed by atoms with Crippen LogP contribution in [0.2, 0.25) is 0 Å². The van der Waals surface area contributed by atoms with Gasteiger partial charge in [-0.1, -0.05) is 6.07 Å². The largest absolute Gasteiger partial charge is 0.435 e. The number of aliphatic hydroxyl groups excluding tert-OH is 1. The number of alkyl halides is 2. The predicted molar refractivity (Wildman–Crippen MR) is 71.0 cm³/mol. The molecule has 0 aliphatic rings. The van der Waals surface area contributed by atoms with Crippen LogP contribution in [0.4, 0.5) is 19.3 Å². The summed E-state index contributed by atoms with van der Waals surface area (Å²) in [5.41, 5.74) is -0.240. The highest BCUT2D eigenvalue weighted by Crippen LogP contribution is 2.19. The van der Waals surface area contributed by atoms with Gasteiger partial charge in [0.25, 0.3) is 0 Å². The molecule has 0 heterocycles. The minimum atomic E-state index is -2.91. The number of halogens is 2. The van der Waals surface area contributed by atoms with E-state index in [0.717, 1.165) is 0 Å². The Labute approximate surface area is 115 Å². The molecule has 20 heavy (non-hydrogen) atoms. The van der Waals surface area contributed by atoms with Gasteiger partial charge in [0.1, 0.15) is 5.75 Å². The van der Waals surface area contributed by atoms with Crippen LogP contribution >= 0.6 is 0 Å². The van der Waals surface area contributed by atoms with E-state index in [9.17, 15) is 13.6 Å². The van der Waals surface area contributed by atoms with Crippen molar-refractivity contribution in [1.29, 1.82) is 0 Å². The van der Waals surface area contributed by atoms with Gasteiger partial charge < -0.3 is 20.5 Å². The average molecular weight is 288 g/mol. The number of carbonyl (C=O) groups excluding carboxylic acids is 1. The molecule has 2 amide bonds. The monoisotopic (exact) mass is 288 g/mol. The molecule has 1 rings (SSSR count). The summed E-state index contributed by atoms with van der Waals surface area (Å²) in [5.74, 6) is -0.0348. The summed E-state index contributed by atoms with van der Waals surface area (Å²) < 4.78 is 28.4. The first kappa shape index (κ1) is 16.2. The number of rotatable bonds is 6. The molecule has 0 aliphatic carbocycles. The second kappa shape index (κ2) is 7.04. The highest BCUT2D eigenvalue weighted by atomic mass is 19.3. The minimum Gasteiger partial charge on any atom is -0.435 e. The minimum absolute atomic E-state index is 0.0348.